The van der Waals surface area contributed by atoms with Crippen LogP contribution in [0.15, 0.2) is 18.5 Å². The third-order valence-electron chi connectivity index (χ3n) is 7.08. The molecule has 7 N–H and O–H groups in total. The van der Waals surface area contributed by atoms with E-state index >= 15 is 0 Å². The molecule has 11 heteroatoms. The maximum atomic E-state index is 13.5. The number of halogens is 1. The number of carbonyl (C=O) groups is 1. The number of alkyl halides is 1. The van der Waals surface area contributed by atoms with Crippen molar-refractivity contribution in [1.29, 1.82) is 0 Å². The maximum Gasteiger partial charge on any atom is 0.233 e. The molecule has 1 aromatic rings. The quantitative estimate of drug-likeness (QED) is 0.338. The molecule has 0 saturated carbocycles. The van der Waals surface area contributed by atoms with Crippen LogP contribution >= 0.6 is 0 Å². The molecular weight excluding hydrogens is 439 g/mol. The molecule has 34 heavy (non-hydrogen) atoms. The highest BCUT2D eigenvalue weighted by molar-refractivity contribution is 5.96. The summed E-state index contributed by atoms with van der Waals surface area (Å²) in [5.74, 6) is -1.10. The summed E-state index contributed by atoms with van der Waals surface area (Å²) in [6, 6.07) is 1.91. The Balaban J connectivity index is 1.35. The van der Waals surface area contributed by atoms with Gasteiger partial charge in [-0.05, 0) is 38.8 Å². The number of amides is 1. The highest BCUT2D eigenvalue weighted by atomic mass is 19.1. The van der Waals surface area contributed by atoms with E-state index in [2.05, 4.69) is 37.8 Å². The number of aromatic nitrogens is 1. The lowest BCUT2D eigenvalue weighted by Crippen LogP contribution is -2.64. The number of nitrogens with two attached hydrogens (primary N) is 2. The highest BCUT2D eigenvalue weighted by Gasteiger charge is 2.35. The van der Waals surface area contributed by atoms with E-state index in [4.69, 9.17) is 16.2 Å². The summed E-state index contributed by atoms with van der Waals surface area (Å²) in [5, 5.41) is 8.94. The molecule has 4 heterocycles. The maximum absolute atomic E-state index is 13.5. The summed E-state index contributed by atoms with van der Waals surface area (Å²) < 4.78 is 19.9. The van der Waals surface area contributed by atoms with Gasteiger partial charge in [-0.2, -0.15) is 0 Å². The Bertz CT molecular complexity index is 791. The van der Waals surface area contributed by atoms with Gasteiger partial charge in [0, 0.05) is 45.5 Å². The molecule has 1 amide bonds. The first-order chi connectivity index (χ1) is 16.4. The Kier molecular flexibility index (Phi) is 8.67. The molecule has 10 nitrogen and oxygen atoms in total. The number of nitrogens with one attached hydrogen (secondary N) is 3. The van der Waals surface area contributed by atoms with E-state index in [1.807, 2.05) is 6.07 Å². The standard InChI is InChI=1S/C23H39FN8O2/c1-31-8-3-16(4-9-31)34-17-5-10-32(11-6-17)19-2-7-27-14-18(19)30-23(33)20(21(25)26)22-28-12-15(24)13-29-22/h2,7,14-17,20-22,28-29H,3-6,8-13,25-26H2,1H3,(H,30,33). The molecule has 0 spiro atoms. The second kappa shape index (κ2) is 11.7. The molecule has 1 aromatic heterocycles. The second-order valence-electron chi connectivity index (χ2n) is 9.70. The van der Waals surface area contributed by atoms with Gasteiger partial charge in [0.1, 0.15) is 6.17 Å². The molecule has 0 aliphatic carbocycles. The number of rotatable bonds is 7. The number of nitrogens with zero attached hydrogens (tertiary/aromatic N) is 3. The molecule has 0 bridgehead atoms. The molecule has 190 valence electrons. The van der Waals surface area contributed by atoms with Gasteiger partial charge in [0.15, 0.2) is 0 Å². The molecule has 3 fully saturated rings. The number of ether oxygens (including phenoxy) is 1. The summed E-state index contributed by atoms with van der Waals surface area (Å²) in [7, 11) is 2.16. The van der Waals surface area contributed by atoms with E-state index in [9.17, 15) is 9.18 Å². The van der Waals surface area contributed by atoms with Gasteiger partial charge in [-0.25, -0.2) is 4.39 Å². The Hall–Kier alpha value is -1.89. The van der Waals surface area contributed by atoms with Crippen molar-refractivity contribution in [3.63, 3.8) is 0 Å². The van der Waals surface area contributed by atoms with Gasteiger partial charge >= 0.3 is 0 Å². The van der Waals surface area contributed by atoms with Crippen LogP contribution in [0.2, 0.25) is 0 Å². The summed E-state index contributed by atoms with van der Waals surface area (Å²) >= 11 is 0. The third-order valence-corrected chi connectivity index (χ3v) is 7.08. The normalized spacial score (nSPS) is 26.6. The lowest BCUT2D eigenvalue weighted by Gasteiger charge is -2.38. The SMILES string of the molecule is CN1CCC(OC2CCN(c3ccncc3NC(=O)C(C(N)N)C3NCC(F)CN3)CC2)CC1. The molecule has 3 aliphatic rings. The molecule has 3 saturated heterocycles. The van der Waals surface area contributed by atoms with Gasteiger partial charge in [-0.15, -0.1) is 0 Å². The van der Waals surface area contributed by atoms with Crippen LogP contribution in [0.1, 0.15) is 25.7 Å². The van der Waals surface area contributed by atoms with Crippen LogP contribution in [0.5, 0.6) is 0 Å². The largest absolute Gasteiger partial charge is 0.375 e. The van der Waals surface area contributed by atoms with Crippen molar-refractivity contribution in [2.24, 2.45) is 17.4 Å². The average Bonchev–Trinajstić information content (AvgIpc) is 2.83. The number of likely N-dealkylation sites (tertiary alicyclic amines) is 1. The van der Waals surface area contributed by atoms with Crippen molar-refractivity contribution in [3.05, 3.63) is 18.5 Å². The lowest BCUT2D eigenvalue weighted by molar-refractivity contribution is -0.122. The summed E-state index contributed by atoms with van der Waals surface area (Å²) in [6.45, 7) is 4.18. The van der Waals surface area contributed by atoms with Crippen LogP contribution in [0, 0.1) is 5.92 Å². The monoisotopic (exact) mass is 478 g/mol. The fraction of sp³-hybridized carbons (Fsp3) is 0.739. The number of piperidine rings is 2. The van der Waals surface area contributed by atoms with Gasteiger partial charge in [0.05, 0.1) is 48.0 Å². The van der Waals surface area contributed by atoms with E-state index < -0.39 is 24.4 Å². The van der Waals surface area contributed by atoms with E-state index in [0.717, 1.165) is 57.5 Å². The Morgan fingerprint density at radius 3 is 2.38 bits per heavy atom. The van der Waals surface area contributed by atoms with Crippen LogP contribution in [-0.4, -0.2) is 92.8 Å². The fourth-order valence-corrected chi connectivity index (χ4v) is 5.06. The zero-order valence-corrected chi connectivity index (χ0v) is 20.0. The van der Waals surface area contributed by atoms with Crippen LogP contribution < -0.4 is 32.3 Å². The predicted molar refractivity (Wildman–Crippen MR) is 130 cm³/mol. The van der Waals surface area contributed by atoms with Gasteiger partial charge in [-0.1, -0.05) is 0 Å². The van der Waals surface area contributed by atoms with Crippen molar-refractivity contribution in [2.75, 3.05) is 56.5 Å². The van der Waals surface area contributed by atoms with Crippen molar-refractivity contribution < 1.29 is 13.9 Å². The predicted octanol–water partition coefficient (Wildman–Crippen LogP) is -0.184. The van der Waals surface area contributed by atoms with Gasteiger partial charge < -0.3 is 31.3 Å². The smallest absolute Gasteiger partial charge is 0.233 e. The van der Waals surface area contributed by atoms with Crippen molar-refractivity contribution in [1.82, 2.24) is 20.5 Å². The molecule has 3 aliphatic heterocycles. The van der Waals surface area contributed by atoms with E-state index in [0.29, 0.717) is 11.8 Å². The number of hydrogen-bond acceptors (Lipinski definition) is 9. The van der Waals surface area contributed by atoms with Crippen molar-refractivity contribution in [2.45, 2.75) is 56.4 Å². The molecule has 1 atom stereocenters. The van der Waals surface area contributed by atoms with Gasteiger partial charge in [0.25, 0.3) is 0 Å². The molecule has 0 aromatic carbocycles. The van der Waals surface area contributed by atoms with Crippen LogP contribution in [0.4, 0.5) is 15.8 Å². The minimum Gasteiger partial charge on any atom is -0.375 e. The topological polar surface area (TPSA) is 134 Å². The van der Waals surface area contributed by atoms with Gasteiger partial charge in [0.2, 0.25) is 5.91 Å². The Morgan fingerprint density at radius 2 is 1.76 bits per heavy atom. The lowest BCUT2D eigenvalue weighted by atomic mass is 9.99. The van der Waals surface area contributed by atoms with Crippen molar-refractivity contribution in [3.8, 4) is 0 Å². The second-order valence-corrected chi connectivity index (χ2v) is 9.70. The zero-order valence-electron chi connectivity index (χ0n) is 20.0. The number of carbonyl (C=O) groups excluding carboxylic acids is 1. The van der Waals surface area contributed by atoms with Crippen LogP contribution in [0.25, 0.3) is 0 Å². The number of pyridine rings is 1. The molecular formula is C23H39FN8O2. The first-order valence-corrected chi connectivity index (χ1v) is 12.4. The average molecular weight is 479 g/mol. The first-order valence-electron chi connectivity index (χ1n) is 12.4. The van der Waals surface area contributed by atoms with Crippen LogP contribution in [-0.2, 0) is 9.53 Å². The minimum absolute atomic E-state index is 0.154. The Labute approximate surface area is 200 Å². The Morgan fingerprint density at radius 1 is 1.15 bits per heavy atom. The van der Waals surface area contributed by atoms with E-state index in [1.54, 1.807) is 12.4 Å². The zero-order chi connectivity index (χ0) is 24.1. The molecule has 4 rings (SSSR count). The van der Waals surface area contributed by atoms with E-state index in [-0.39, 0.29) is 25.1 Å². The van der Waals surface area contributed by atoms with E-state index in [1.165, 1.54) is 0 Å². The highest BCUT2D eigenvalue weighted by Crippen LogP contribution is 2.30. The molecule has 1 unspecified atom stereocenters. The van der Waals surface area contributed by atoms with Gasteiger partial charge in [-0.3, -0.25) is 20.4 Å². The van der Waals surface area contributed by atoms with Crippen molar-refractivity contribution >= 4 is 17.3 Å². The number of hydrogen-bond donors (Lipinski definition) is 5. The number of anilines is 2. The summed E-state index contributed by atoms with van der Waals surface area (Å²) in [5.41, 5.74) is 13.4. The minimum atomic E-state index is -1.01. The fourth-order valence-electron chi connectivity index (χ4n) is 5.06. The third kappa shape index (κ3) is 6.41. The summed E-state index contributed by atoms with van der Waals surface area (Å²) in [6.07, 6.45) is 5.66. The first kappa shape index (κ1) is 25.2. The molecule has 0 radical (unpaired) electrons. The summed E-state index contributed by atoms with van der Waals surface area (Å²) in [4.78, 5) is 22.0. The van der Waals surface area contributed by atoms with Crippen LogP contribution in [0.3, 0.4) is 0 Å².